The van der Waals surface area contributed by atoms with Gasteiger partial charge in [-0.1, -0.05) is 176 Å². The average Bonchev–Trinajstić information content (AvgIpc) is 3.57. The zero-order valence-electron chi connectivity index (χ0n) is 30.1. The van der Waals surface area contributed by atoms with Crippen molar-refractivity contribution >= 4 is 53.9 Å². The molecule has 0 amide bonds. The van der Waals surface area contributed by atoms with Crippen molar-refractivity contribution in [2.75, 3.05) is 0 Å². The second-order valence-corrected chi connectivity index (χ2v) is 15.2. The summed E-state index contributed by atoms with van der Waals surface area (Å²) in [5.74, 6) is 0. The van der Waals surface area contributed by atoms with Crippen molar-refractivity contribution in [2.24, 2.45) is 0 Å². The quantitative estimate of drug-likeness (QED) is 0.161. The maximum Gasteiger partial charge on any atom is 0.0720 e. The Balaban J connectivity index is 1.25. The Kier molecular flexibility index (Phi) is 6.36. The topological polar surface area (TPSA) is 0 Å². The maximum absolute atomic E-state index is 2.53. The molecule has 0 fully saturated rings. The summed E-state index contributed by atoms with van der Waals surface area (Å²) in [6.45, 7) is 0. The molecule has 0 heteroatoms. The monoisotopic (exact) mass is 694 g/mol. The first-order valence-corrected chi connectivity index (χ1v) is 19.2. The minimum atomic E-state index is -0.564. The van der Waals surface area contributed by atoms with Crippen LogP contribution < -0.4 is 0 Å². The summed E-state index contributed by atoms with van der Waals surface area (Å²) in [5.41, 5.74) is 12.2. The van der Waals surface area contributed by atoms with Crippen molar-refractivity contribution in [1.29, 1.82) is 0 Å². The Bertz CT molecular complexity index is 3190. The maximum atomic E-state index is 2.53. The van der Waals surface area contributed by atoms with E-state index in [1.54, 1.807) is 0 Å². The first-order valence-electron chi connectivity index (χ1n) is 19.2. The molecule has 0 saturated carbocycles. The van der Waals surface area contributed by atoms with Crippen LogP contribution in [0.25, 0.3) is 87.2 Å². The zero-order valence-corrected chi connectivity index (χ0v) is 30.1. The molecule has 254 valence electrons. The molecule has 0 unspecified atom stereocenters. The molecule has 0 heterocycles. The van der Waals surface area contributed by atoms with Crippen LogP contribution in [0.1, 0.15) is 22.3 Å². The van der Waals surface area contributed by atoms with E-state index in [1.807, 2.05) is 0 Å². The lowest BCUT2D eigenvalue weighted by Gasteiger charge is -2.35. The van der Waals surface area contributed by atoms with Crippen LogP contribution in [0.4, 0.5) is 0 Å². The molecule has 0 aliphatic heterocycles. The summed E-state index contributed by atoms with van der Waals surface area (Å²) >= 11 is 0. The van der Waals surface area contributed by atoms with E-state index in [0.717, 1.165) is 0 Å². The van der Waals surface area contributed by atoms with Gasteiger partial charge in [0.25, 0.3) is 0 Å². The van der Waals surface area contributed by atoms with Gasteiger partial charge in [0.15, 0.2) is 0 Å². The van der Waals surface area contributed by atoms with Gasteiger partial charge < -0.3 is 0 Å². The summed E-state index contributed by atoms with van der Waals surface area (Å²) in [6.07, 6.45) is 0. The molecule has 12 rings (SSSR count). The highest BCUT2D eigenvalue weighted by molar-refractivity contribution is 6.24. The number of hydrogen-bond acceptors (Lipinski definition) is 0. The molecule has 0 N–H and O–H groups in total. The lowest BCUT2D eigenvalue weighted by atomic mass is 9.66. The lowest BCUT2D eigenvalue weighted by molar-refractivity contribution is 0.776. The van der Waals surface area contributed by atoms with Crippen molar-refractivity contribution in [1.82, 2.24) is 0 Å². The van der Waals surface area contributed by atoms with E-state index in [-0.39, 0.29) is 0 Å². The standard InChI is InChI=1S/C55H34/c1-3-17-45(18-4-1)55(46-19-5-2-6-20-46)50-34-44(43-31-41-26-23-37-15-11-16-38-24-27-42(32-43)52(41)51(37)38)33-49(40-25-22-35-12-7-8-14-39(35)30-40)53(50)48-29-28-36-13-9-10-21-47(36)54(48)55/h1-34H. The first-order chi connectivity index (χ1) is 27.3. The third-order valence-electron chi connectivity index (χ3n) is 12.4. The van der Waals surface area contributed by atoms with Gasteiger partial charge in [0.2, 0.25) is 0 Å². The van der Waals surface area contributed by atoms with Crippen LogP contribution in [0.2, 0.25) is 0 Å². The Morgan fingerprint density at radius 2 is 0.800 bits per heavy atom. The molecule has 55 heavy (non-hydrogen) atoms. The van der Waals surface area contributed by atoms with Crippen molar-refractivity contribution in [3.05, 3.63) is 229 Å². The van der Waals surface area contributed by atoms with Gasteiger partial charge in [0.05, 0.1) is 5.41 Å². The molecule has 0 aromatic heterocycles. The average molecular weight is 695 g/mol. The van der Waals surface area contributed by atoms with Crippen molar-refractivity contribution in [2.45, 2.75) is 5.41 Å². The molecule has 1 aliphatic carbocycles. The molecule has 11 aromatic carbocycles. The Morgan fingerprint density at radius 1 is 0.291 bits per heavy atom. The second-order valence-electron chi connectivity index (χ2n) is 15.2. The summed E-state index contributed by atoms with van der Waals surface area (Å²) in [4.78, 5) is 0. The normalized spacial score (nSPS) is 13.2. The molecule has 0 radical (unpaired) electrons. The van der Waals surface area contributed by atoms with Crippen molar-refractivity contribution in [3.8, 4) is 33.4 Å². The lowest BCUT2D eigenvalue weighted by Crippen LogP contribution is -2.29. The van der Waals surface area contributed by atoms with Crippen LogP contribution in [0.5, 0.6) is 0 Å². The summed E-state index contributed by atoms with van der Waals surface area (Å²) < 4.78 is 0. The first kappa shape index (κ1) is 30.4. The molecular formula is C55H34. The van der Waals surface area contributed by atoms with Crippen molar-refractivity contribution in [3.63, 3.8) is 0 Å². The number of benzene rings is 11. The number of rotatable bonds is 4. The summed E-state index contributed by atoms with van der Waals surface area (Å²) in [6, 6.07) is 77.5. The highest BCUT2D eigenvalue weighted by Gasteiger charge is 2.48. The minimum absolute atomic E-state index is 0.564. The third-order valence-corrected chi connectivity index (χ3v) is 12.4. The molecule has 0 nitrogen and oxygen atoms in total. The van der Waals surface area contributed by atoms with Gasteiger partial charge >= 0.3 is 0 Å². The van der Waals surface area contributed by atoms with Gasteiger partial charge in [-0.15, -0.1) is 0 Å². The van der Waals surface area contributed by atoms with Gasteiger partial charge in [-0.3, -0.25) is 0 Å². The molecule has 0 spiro atoms. The predicted octanol–water partition coefficient (Wildman–Crippen LogP) is 14.6. The van der Waals surface area contributed by atoms with Gasteiger partial charge in [-0.05, 0) is 140 Å². The van der Waals surface area contributed by atoms with Gasteiger partial charge in [0.1, 0.15) is 0 Å². The Hall–Kier alpha value is -7.02. The van der Waals surface area contributed by atoms with Crippen LogP contribution >= 0.6 is 0 Å². The highest BCUT2D eigenvalue weighted by Crippen LogP contribution is 2.61. The Morgan fingerprint density at radius 3 is 1.51 bits per heavy atom. The fourth-order valence-electron chi connectivity index (χ4n) is 10.1. The van der Waals surface area contributed by atoms with E-state index in [4.69, 9.17) is 0 Å². The van der Waals surface area contributed by atoms with Crippen LogP contribution in [0.15, 0.2) is 206 Å². The molecule has 11 aromatic rings. The van der Waals surface area contributed by atoms with Crippen LogP contribution in [-0.4, -0.2) is 0 Å². The molecule has 0 atom stereocenters. The molecule has 0 saturated heterocycles. The van der Waals surface area contributed by atoms with E-state index < -0.39 is 5.41 Å². The van der Waals surface area contributed by atoms with Crippen LogP contribution in [-0.2, 0) is 5.41 Å². The van der Waals surface area contributed by atoms with Crippen LogP contribution in [0, 0.1) is 0 Å². The van der Waals surface area contributed by atoms with Gasteiger partial charge in [-0.2, -0.15) is 0 Å². The highest BCUT2D eigenvalue weighted by atomic mass is 14.5. The fourth-order valence-corrected chi connectivity index (χ4v) is 10.1. The largest absolute Gasteiger partial charge is 0.0720 e. The second kappa shape index (κ2) is 11.5. The summed E-state index contributed by atoms with van der Waals surface area (Å²) in [7, 11) is 0. The SMILES string of the molecule is c1ccc(C2(c3ccccc3)c3cc(-c4cc5ccc6cccc7ccc(c4)c5c67)cc(-c4ccc5ccccc5c4)c3-c3ccc4ccccc4c32)cc1. The number of hydrogen-bond donors (Lipinski definition) is 0. The van der Waals surface area contributed by atoms with E-state index in [0.29, 0.717) is 0 Å². The van der Waals surface area contributed by atoms with Gasteiger partial charge in [-0.25, -0.2) is 0 Å². The van der Waals surface area contributed by atoms with Crippen molar-refractivity contribution < 1.29 is 0 Å². The van der Waals surface area contributed by atoms with Gasteiger partial charge in [0, 0.05) is 0 Å². The summed E-state index contributed by atoms with van der Waals surface area (Å²) in [5, 5.41) is 12.9. The van der Waals surface area contributed by atoms with E-state index in [9.17, 15) is 0 Å². The Labute approximate surface area is 319 Å². The van der Waals surface area contributed by atoms with E-state index >= 15 is 0 Å². The van der Waals surface area contributed by atoms with Crippen LogP contribution in [0.3, 0.4) is 0 Å². The zero-order chi connectivity index (χ0) is 36.1. The minimum Gasteiger partial charge on any atom is -0.0622 e. The third kappa shape index (κ3) is 4.28. The van der Waals surface area contributed by atoms with E-state index in [1.165, 1.54) is 109 Å². The smallest absolute Gasteiger partial charge is 0.0622 e. The number of fused-ring (bicyclic) bond motifs is 6. The molecular weight excluding hydrogens is 661 g/mol. The van der Waals surface area contributed by atoms with E-state index in [2.05, 4.69) is 206 Å². The molecule has 0 bridgehead atoms. The molecule has 1 aliphatic rings. The fraction of sp³-hybridized carbons (Fsp3) is 0.0182. The predicted molar refractivity (Wildman–Crippen MR) is 233 cm³/mol.